The van der Waals surface area contributed by atoms with Crippen LogP contribution in [0, 0.1) is 20.2 Å². The molecule has 0 aliphatic rings. The molecule has 2 amide bonds. The van der Waals surface area contributed by atoms with E-state index in [2.05, 4.69) is 10.6 Å². The third kappa shape index (κ3) is 7.37. The molecule has 0 aromatic heterocycles. The Labute approximate surface area is 166 Å². The molecule has 2 aromatic rings. The molecule has 0 aliphatic carbocycles. The van der Waals surface area contributed by atoms with E-state index in [1.807, 2.05) is 0 Å². The lowest BCUT2D eigenvalue weighted by Gasteiger charge is -2.07. The zero-order valence-corrected chi connectivity index (χ0v) is 15.5. The fourth-order valence-electron chi connectivity index (χ4n) is 2.51. The van der Waals surface area contributed by atoms with Gasteiger partial charge in [0.15, 0.2) is 0 Å². The van der Waals surface area contributed by atoms with Gasteiger partial charge in [-0.25, -0.2) is 0 Å². The second-order valence-electron chi connectivity index (χ2n) is 6.25. The predicted octanol–water partition coefficient (Wildman–Crippen LogP) is 1.91. The maximum Gasteiger partial charge on any atom is 0.269 e. The number of hydrogen-bond donors (Lipinski definition) is 2. The van der Waals surface area contributed by atoms with Crippen LogP contribution in [0.25, 0.3) is 0 Å². The molecule has 0 aliphatic heterocycles. The van der Waals surface area contributed by atoms with Gasteiger partial charge in [-0.3, -0.25) is 29.8 Å². The van der Waals surface area contributed by atoms with Crippen molar-refractivity contribution in [2.45, 2.75) is 19.3 Å². The minimum Gasteiger partial charge on any atom is -0.356 e. The van der Waals surface area contributed by atoms with Crippen molar-refractivity contribution in [2.24, 2.45) is 0 Å². The van der Waals surface area contributed by atoms with Gasteiger partial charge in [0.1, 0.15) is 0 Å². The van der Waals surface area contributed by atoms with Crippen LogP contribution in [0.3, 0.4) is 0 Å². The van der Waals surface area contributed by atoms with Crippen molar-refractivity contribution in [1.29, 1.82) is 0 Å². The van der Waals surface area contributed by atoms with Gasteiger partial charge >= 0.3 is 0 Å². The number of benzene rings is 2. The maximum atomic E-state index is 11.9. The largest absolute Gasteiger partial charge is 0.356 e. The van der Waals surface area contributed by atoms with E-state index in [9.17, 15) is 29.8 Å². The summed E-state index contributed by atoms with van der Waals surface area (Å²) >= 11 is 0. The summed E-state index contributed by atoms with van der Waals surface area (Å²) in [5.74, 6) is -0.424. The molecular formula is C19H20N4O6. The number of nitro benzene ring substituents is 2. The normalized spacial score (nSPS) is 10.2. The van der Waals surface area contributed by atoms with E-state index < -0.39 is 9.85 Å². The third-order valence-corrected chi connectivity index (χ3v) is 4.02. The Morgan fingerprint density at radius 2 is 1.03 bits per heavy atom. The monoisotopic (exact) mass is 400 g/mol. The Morgan fingerprint density at radius 1 is 0.690 bits per heavy atom. The molecule has 0 radical (unpaired) electrons. The molecule has 0 bridgehead atoms. The van der Waals surface area contributed by atoms with Gasteiger partial charge in [-0.1, -0.05) is 24.3 Å². The molecule has 0 atom stereocenters. The first-order chi connectivity index (χ1) is 13.8. The summed E-state index contributed by atoms with van der Waals surface area (Å²) in [6, 6.07) is 11.6. The Bertz CT molecular complexity index is 807. The predicted molar refractivity (Wildman–Crippen MR) is 104 cm³/mol. The first-order valence-electron chi connectivity index (χ1n) is 8.85. The topological polar surface area (TPSA) is 144 Å². The molecule has 2 rings (SSSR count). The van der Waals surface area contributed by atoms with Crippen LogP contribution in [0.4, 0.5) is 11.4 Å². The number of amides is 2. The number of carbonyl (C=O) groups excluding carboxylic acids is 2. The summed E-state index contributed by atoms with van der Waals surface area (Å²) in [5, 5.41) is 26.6. The molecule has 0 fully saturated rings. The Morgan fingerprint density at radius 3 is 1.34 bits per heavy atom. The van der Waals surface area contributed by atoms with Crippen molar-refractivity contribution < 1.29 is 19.4 Å². The van der Waals surface area contributed by atoms with Crippen LogP contribution >= 0.6 is 0 Å². The van der Waals surface area contributed by atoms with Crippen molar-refractivity contribution >= 4 is 23.2 Å². The van der Waals surface area contributed by atoms with E-state index in [1.165, 1.54) is 48.5 Å². The number of nitrogens with one attached hydrogen (secondary N) is 2. The molecule has 0 saturated carbocycles. The van der Waals surface area contributed by atoms with Gasteiger partial charge in [-0.05, 0) is 17.5 Å². The average molecular weight is 400 g/mol. The van der Waals surface area contributed by atoms with Crippen LogP contribution < -0.4 is 10.6 Å². The molecule has 2 aromatic carbocycles. The van der Waals surface area contributed by atoms with Gasteiger partial charge in [0.2, 0.25) is 11.8 Å². The SMILES string of the molecule is O=C(Cc1ccc([N+](=O)[O-])cc1)NCCCNC(=O)Cc1ccc([N+](=O)[O-])cc1. The fourth-order valence-corrected chi connectivity index (χ4v) is 2.51. The first kappa shape index (κ1) is 21.5. The Hall–Kier alpha value is -3.82. The second kappa shape index (κ2) is 10.5. The molecule has 0 spiro atoms. The molecule has 0 saturated heterocycles. The van der Waals surface area contributed by atoms with E-state index in [1.54, 1.807) is 0 Å². The highest BCUT2D eigenvalue weighted by molar-refractivity contribution is 5.79. The van der Waals surface area contributed by atoms with Crippen LogP contribution in [-0.2, 0) is 22.4 Å². The first-order valence-corrected chi connectivity index (χ1v) is 8.85. The molecular weight excluding hydrogens is 380 g/mol. The van der Waals surface area contributed by atoms with Crippen LogP contribution in [-0.4, -0.2) is 34.8 Å². The highest BCUT2D eigenvalue weighted by atomic mass is 16.6. The molecule has 10 nitrogen and oxygen atoms in total. The fraction of sp³-hybridized carbons (Fsp3) is 0.263. The van der Waals surface area contributed by atoms with E-state index in [0.717, 1.165) is 0 Å². The average Bonchev–Trinajstić information content (AvgIpc) is 2.68. The highest BCUT2D eigenvalue weighted by Gasteiger charge is 2.08. The van der Waals surface area contributed by atoms with Gasteiger partial charge in [-0.15, -0.1) is 0 Å². The van der Waals surface area contributed by atoms with E-state index in [0.29, 0.717) is 30.6 Å². The van der Waals surface area contributed by atoms with Crippen molar-refractivity contribution in [2.75, 3.05) is 13.1 Å². The minimum atomic E-state index is -0.500. The van der Waals surface area contributed by atoms with Crippen molar-refractivity contribution in [3.63, 3.8) is 0 Å². The standard InChI is InChI=1S/C19H20N4O6/c24-18(12-14-2-6-16(7-3-14)22(26)27)20-10-1-11-21-19(25)13-15-4-8-17(9-5-15)23(28)29/h2-9H,1,10-13H2,(H,20,24)(H,21,25). The lowest BCUT2D eigenvalue weighted by atomic mass is 10.1. The van der Waals surface area contributed by atoms with Crippen LogP contribution in [0.1, 0.15) is 17.5 Å². The molecule has 10 heteroatoms. The summed E-state index contributed by atoms with van der Waals surface area (Å²) < 4.78 is 0. The second-order valence-corrected chi connectivity index (χ2v) is 6.25. The maximum absolute atomic E-state index is 11.9. The van der Waals surface area contributed by atoms with Crippen LogP contribution in [0.15, 0.2) is 48.5 Å². The lowest BCUT2D eigenvalue weighted by Crippen LogP contribution is -2.31. The van der Waals surface area contributed by atoms with Gasteiger partial charge in [-0.2, -0.15) is 0 Å². The highest BCUT2D eigenvalue weighted by Crippen LogP contribution is 2.13. The molecule has 29 heavy (non-hydrogen) atoms. The van der Waals surface area contributed by atoms with Gasteiger partial charge in [0.25, 0.3) is 11.4 Å². The summed E-state index contributed by atoms with van der Waals surface area (Å²) in [4.78, 5) is 43.9. The third-order valence-electron chi connectivity index (χ3n) is 4.02. The summed E-state index contributed by atoms with van der Waals surface area (Å²) in [5.41, 5.74) is 1.28. The molecule has 0 unspecified atom stereocenters. The lowest BCUT2D eigenvalue weighted by molar-refractivity contribution is -0.385. The molecule has 0 heterocycles. The number of nitro groups is 2. The number of rotatable bonds is 10. The van der Waals surface area contributed by atoms with E-state index in [-0.39, 0.29) is 36.0 Å². The number of hydrogen-bond acceptors (Lipinski definition) is 6. The number of carbonyl (C=O) groups is 2. The summed E-state index contributed by atoms with van der Waals surface area (Å²) in [6.07, 6.45) is 0.771. The zero-order valence-electron chi connectivity index (χ0n) is 15.5. The number of nitrogens with zero attached hydrogens (tertiary/aromatic N) is 2. The smallest absolute Gasteiger partial charge is 0.269 e. The zero-order chi connectivity index (χ0) is 21.2. The number of non-ortho nitro benzene ring substituents is 2. The van der Waals surface area contributed by atoms with Gasteiger partial charge in [0, 0.05) is 37.4 Å². The van der Waals surface area contributed by atoms with E-state index >= 15 is 0 Å². The van der Waals surface area contributed by atoms with Crippen LogP contribution in [0.2, 0.25) is 0 Å². The Balaban J connectivity index is 1.62. The summed E-state index contributed by atoms with van der Waals surface area (Å²) in [7, 11) is 0. The molecule has 2 N–H and O–H groups in total. The minimum absolute atomic E-state index is 0.0291. The van der Waals surface area contributed by atoms with Gasteiger partial charge < -0.3 is 10.6 Å². The quantitative estimate of drug-likeness (QED) is 0.354. The van der Waals surface area contributed by atoms with Crippen molar-refractivity contribution in [3.05, 3.63) is 79.9 Å². The van der Waals surface area contributed by atoms with Crippen LogP contribution in [0.5, 0.6) is 0 Å². The van der Waals surface area contributed by atoms with Crippen molar-refractivity contribution in [1.82, 2.24) is 10.6 Å². The van der Waals surface area contributed by atoms with Crippen molar-refractivity contribution in [3.8, 4) is 0 Å². The van der Waals surface area contributed by atoms with Gasteiger partial charge in [0.05, 0.1) is 22.7 Å². The summed E-state index contributed by atoms with van der Waals surface area (Å²) in [6.45, 7) is 0.757. The molecule has 152 valence electrons. The van der Waals surface area contributed by atoms with E-state index in [4.69, 9.17) is 0 Å². The Kier molecular flexibility index (Phi) is 7.78.